The fourth-order valence-corrected chi connectivity index (χ4v) is 1.56. The molecule has 17 heavy (non-hydrogen) atoms. The highest BCUT2D eigenvalue weighted by Crippen LogP contribution is 2.11. The number of ether oxygens (including phenoxy) is 1. The number of nitrogens with zero attached hydrogens (tertiary/aromatic N) is 2. The molecule has 0 saturated heterocycles. The zero-order valence-corrected chi connectivity index (χ0v) is 10.7. The molecule has 0 fully saturated rings. The first kappa shape index (κ1) is 12.0. The lowest BCUT2D eigenvalue weighted by Crippen LogP contribution is -1.99. The van der Waals surface area contributed by atoms with Crippen molar-refractivity contribution in [3.8, 4) is 0 Å². The van der Waals surface area contributed by atoms with Gasteiger partial charge in [-0.2, -0.15) is 0 Å². The molecule has 2 aromatic rings. The van der Waals surface area contributed by atoms with Gasteiger partial charge in [-0.15, -0.1) is 0 Å². The van der Waals surface area contributed by atoms with Crippen molar-refractivity contribution in [2.75, 3.05) is 5.73 Å². The van der Waals surface area contributed by atoms with Crippen LogP contribution in [0.1, 0.15) is 11.3 Å². The Kier molecular flexibility index (Phi) is 4.06. The van der Waals surface area contributed by atoms with E-state index in [1.54, 1.807) is 6.20 Å². The minimum Gasteiger partial charge on any atom is -0.382 e. The summed E-state index contributed by atoms with van der Waals surface area (Å²) >= 11 is 3.39. The molecule has 1 heterocycles. The molecule has 0 unspecified atom stereocenters. The Morgan fingerprint density at radius 1 is 1.06 bits per heavy atom. The summed E-state index contributed by atoms with van der Waals surface area (Å²) in [7, 11) is 0. The number of hydrogen-bond donors (Lipinski definition) is 1. The largest absolute Gasteiger partial charge is 0.382 e. The van der Waals surface area contributed by atoms with Crippen LogP contribution in [0.4, 0.5) is 5.82 Å². The van der Waals surface area contributed by atoms with E-state index in [1.165, 1.54) is 6.20 Å². The highest BCUT2D eigenvalue weighted by molar-refractivity contribution is 9.10. The summed E-state index contributed by atoms with van der Waals surface area (Å²) in [5.41, 5.74) is 7.34. The highest BCUT2D eigenvalue weighted by Gasteiger charge is 1.97. The average molecular weight is 294 g/mol. The van der Waals surface area contributed by atoms with Crippen LogP contribution in [0.2, 0.25) is 0 Å². The highest BCUT2D eigenvalue weighted by atomic mass is 79.9. The maximum atomic E-state index is 5.53. The van der Waals surface area contributed by atoms with Crippen LogP contribution < -0.4 is 5.73 Å². The lowest BCUT2D eigenvalue weighted by atomic mass is 10.2. The predicted molar refractivity (Wildman–Crippen MR) is 69.1 cm³/mol. The van der Waals surface area contributed by atoms with E-state index in [-0.39, 0.29) is 0 Å². The molecule has 5 heteroatoms. The molecular formula is C12H12BrN3O. The van der Waals surface area contributed by atoms with Crippen molar-refractivity contribution < 1.29 is 4.74 Å². The molecule has 0 aliphatic heterocycles. The van der Waals surface area contributed by atoms with Gasteiger partial charge in [-0.1, -0.05) is 28.1 Å². The Balaban J connectivity index is 1.83. The van der Waals surface area contributed by atoms with Crippen LogP contribution in [0, 0.1) is 0 Å². The quantitative estimate of drug-likeness (QED) is 0.941. The number of nitrogens with two attached hydrogens (primary N) is 1. The van der Waals surface area contributed by atoms with Gasteiger partial charge in [0.1, 0.15) is 5.82 Å². The number of aromatic nitrogens is 2. The normalized spacial score (nSPS) is 10.4. The van der Waals surface area contributed by atoms with E-state index in [0.717, 1.165) is 15.7 Å². The van der Waals surface area contributed by atoms with E-state index in [0.29, 0.717) is 19.0 Å². The summed E-state index contributed by atoms with van der Waals surface area (Å²) in [6.45, 7) is 0.989. The van der Waals surface area contributed by atoms with Crippen molar-refractivity contribution in [3.05, 3.63) is 52.4 Å². The van der Waals surface area contributed by atoms with Gasteiger partial charge in [-0.25, -0.2) is 4.98 Å². The summed E-state index contributed by atoms with van der Waals surface area (Å²) in [5.74, 6) is 0.418. The van der Waals surface area contributed by atoms with Gasteiger partial charge in [0, 0.05) is 4.47 Å². The van der Waals surface area contributed by atoms with Gasteiger partial charge in [0.15, 0.2) is 0 Å². The predicted octanol–water partition coefficient (Wildman–Crippen LogP) is 2.54. The fourth-order valence-electron chi connectivity index (χ4n) is 1.29. The molecule has 0 radical (unpaired) electrons. The summed E-state index contributed by atoms with van der Waals surface area (Å²) in [4.78, 5) is 8.05. The van der Waals surface area contributed by atoms with E-state index in [9.17, 15) is 0 Å². The Morgan fingerprint density at radius 2 is 1.82 bits per heavy atom. The topological polar surface area (TPSA) is 61.0 Å². The van der Waals surface area contributed by atoms with Crippen molar-refractivity contribution >= 4 is 21.7 Å². The van der Waals surface area contributed by atoms with Crippen LogP contribution >= 0.6 is 15.9 Å². The molecule has 0 spiro atoms. The van der Waals surface area contributed by atoms with Crippen LogP contribution in [0.5, 0.6) is 0 Å². The van der Waals surface area contributed by atoms with Crippen LogP contribution in [-0.4, -0.2) is 9.97 Å². The summed E-state index contributed by atoms with van der Waals surface area (Å²) in [6.07, 6.45) is 3.15. The summed E-state index contributed by atoms with van der Waals surface area (Å²) in [6, 6.07) is 8.00. The standard InChI is InChI=1S/C12H12BrN3O/c13-10-3-1-9(2-4-10)7-17-8-11-5-16-12(14)6-15-11/h1-6H,7-8H2,(H2,14,16). The number of halogens is 1. The molecule has 0 atom stereocenters. The van der Waals surface area contributed by atoms with Gasteiger partial charge < -0.3 is 10.5 Å². The molecule has 0 bridgehead atoms. The molecule has 0 aliphatic rings. The average Bonchev–Trinajstić information content (AvgIpc) is 2.34. The molecule has 1 aromatic carbocycles. The second kappa shape index (κ2) is 5.75. The minimum absolute atomic E-state index is 0.418. The van der Waals surface area contributed by atoms with E-state index >= 15 is 0 Å². The van der Waals surface area contributed by atoms with Gasteiger partial charge in [0.2, 0.25) is 0 Å². The first-order chi connectivity index (χ1) is 8.24. The third-order valence-electron chi connectivity index (χ3n) is 2.16. The summed E-state index contributed by atoms with van der Waals surface area (Å²) in [5, 5.41) is 0. The number of hydrogen-bond acceptors (Lipinski definition) is 4. The van der Waals surface area contributed by atoms with Crippen LogP contribution in [0.25, 0.3) is 0 Å². The monoisotopic (exact) mass is 293 g/mol. The third-order valence-corrected chi connectivity index (χ3v) is 2.69. The SMILES string of the molecule is Nc1cnc(COCc2ccc(Br)cc2)cn1. The molecule has 1 aromatic heterocycles. The van der Waals surface area contributed by atoms with Crippen molar-refractivity contribution in [3.63, 3.8) is 0 Å². The van der Waals surface area contributed by atoms with Gasteiger partial charge in [-0.3, -0.25) is 4.98 Å². The molecule has 0 aliphatic carbocycles. The number of rotatable bonds is 4. The first-order valence-corrected chi connectivity index (χ1v) is 5.92. The zero-order chi connectivity index (χ0) is 12.1. The Bertz CT molecular complexity index is 425. The van der Waals surface area contributed by atoms with Crippen molar-refractivity contribution in [1.29, 1.82) is 0 Å². The summed E-state index contributed by atoms with van der Waals surface area (Å²) < 4.78 is 6.59. The molecule has 0 amide bonds. The van der Waals surface area contributed by atoms with Crippen LogP contribution in [0.3, 0.4) is 0 Å². The van der Waals surface area contributed by atoms with E-state index < -0.39 is 0 Å². The number of anilines is 1. The van der Waals surface area contributed by atoms with Gasteiger partial charge in [0.25, 0.3) is 0 Å². The van der Waals surface area contributed by atoms with E-state index in [4.69, 9.17) is 10.5 Å². The zero-order valence-electron chi connectivity index (χ0n) is 9.14. The van der Waals surface area contributed by atoms with E-state index in [2.05, 4.69) is 25.9 Å². The number of benzene rings is 1. The number of nitrogen functional groups attached to an aromatic ring is 1. The molecule has 2 rings (SSSR count). The maximum Gasteiger partial charge on any atom is 0.141 e. The lowest BCUT2D eigenvalue weighted by Gasteiger charge is -2.04. The second-order valence-corrected chi connectivity index (χ2v) is 4.47. The molecule has 4 nitrogen and oxygen atoms in total. The van der Waals surface area contributed by atoms with E-state index in [1.807, 2.05) is 24.3 Å². The fraction of sp³-hybridized carbons (Fsp3) is 0.167. The minimum atomic E-state index is 0.418. The van der Waals surface area contributed by atoms with Gasteiger partial charge in [0.05, 0.1) is 31.3 Å². The molecular weight excluding hydrogens is 282 g/mol. The molecule has 2 N–H and O–H groups in total. The molecule has 88 valence electrons. The van der Waals surface area contributed by atoms with Gasteiger partial charge in [-0.05, 0) is 17.7 Å². The Morgan fingerprint density at radius 3 is 2.47 bits per heavy atom. The van der Waals surface area contributed by atoms with Crippen molar-refractivity contribution in [2.24, 2.45) is 0 Å². The Labute approximate surface area is 108 Å². The van der Waals surface area contributed by atoms with Crippen LogP contribution in [0.15, 0.2) is 41.1 Å². The lowest BCUT2D eigenvalue weighted by molar-refractivity contribution is 0.104. The second-order valence-electron chi connectivity index (χ2n) is 3.55. The maximum absolute atomic E-state index is 5.53. The Hall–Kier alpha value is -1.46. The van der Waals surface area contributed by atoms with Crippen molar-refractivity contribution in [2.45, 2.75) is 13.2 Å². The smallest absolute Gasteiger partial charge is 0.141 e. The van der Waals surface area contributed by atoms with Crippen molar-refractivity contribution in [1.82, 2.24) is 9.97 Å². The molecule has 0 saturated carbocycles. The van der Waals surface area contributed by atoms with Gasteiger partial charge >= 0.3 is 0 Å². The first-order valence-electron chi connectivity index (χ1n) is 5.12. The third kappa shape index (κ3) is 3.80. The van der Waals surface area contributed by atoms with Crippen LogP contribution in [-0.2, 0) is 18.0 Å².